The number of carbonyl (C=O) groups is 1. The molecule has 0 spiro atoms. The Balaban J connectivity index is 1.54. The van der Waals surface area contributed by atoms with Crippen molar-refractivity contribution in [2.24, 2.45) is 0 Å². The van der Waals surface area contributed by atoms with E-state index in [2.05, 4.69) is 40.3 Å². The van der Waals surface area contributed by atoms with Gasteiger partial charge in [0.1, 0.15) is 0 Å². The van der Waals surface area contributed by atoms with Crippen molar-refractivity contribution in [1.82, 2.24) is 9.88 Å². The average molecular weight is 321 g/mol. The second-order valence-corrected chi connectivity index (χ2v) is 5.82. The molecule has 0 radical (unpaired) electrons. The van der Waals surface area contributed by atoms with Gasteiger partial charge in [-0.1, -0.05) is 48.5 Å². The molecule has 24 heavy (non-hydrogen) atoms. The molecule has 3 rings (SSSR count). The van der Waals surface area contributed by atoms with E-state index in [0.717, 1.165) is 36.0 Å². The number of anilines is 1. The first-order valence-electron chi connectivity index (χ1n) is 8.44. The average Bonchev–Trinajstić information content (AvgIpc) is 2.97. The maximum Gasteiger partial charge on any atom is 0.319 e. The molecule has 0 saturated heterocycles. The molecule has 0 atom stereocenters. The molecule has 2 aromatic carbocycles. The van der Waals surface area contributed by atoms with Crippen molar-refractivity contribution in [1.29, 1.82) is 0 Å². The van der Waals surface area contributed by atoms with Crippen LogP contribution in [-0.4, -0.2) is 17.1 Å². The lowest BCUT2D eigenvalue weighted by Crippen LogP contribution is -2.29. The highest BCUT2D eigenvalue weighted by Crippen LogP contribution is 2.25. The first-order valence-corrected chi connectivity index (χ1v) is 8.44. The van der Waals surface area contributed by atoms with Gasteiger partial charge in [0, 0.05) is 24.7 Å². The summed E-state index contributed by atoms with van der Waals surface area (Å²) in [5, 5.41) is 6.97. The van der Waals surface area contributed by atoms with Crippen molar-refractivity contribution in [3.63, 3.8) is 0 Å². The third-order valence-corrected chi connectivity index (χ3v) is 4.15. The molecule has 0 aliphatic rings. The zero-order valence-corrected chi connectivity index (χ0v) is 14.0. The second kappa shape index (κ2) is 7.68. The fraction of sp³-hybridized carbons (Fsp3) is 0.250. The molecule has 0 saturated carbocycles. The number of benzene rings is 2. The van der Waals surface area contributed by atoms with Gasteiger partial charge < -0.3 is 15.2 Å². The van der Waals surface area contributed by atoms with Gasteiger partial charge in [0.2, 0.25) is 0 Å². The van der Waals surface area contributed by atoms with E-state index in [0.29, 0.717) is 6.54 Å². The number of aromatic nitrogens is 1. The van der Waals surface area contributed by atoms with Crippen molar-refractivity contribution in [2.75, 3.05) is 11.9 Å². The molecule has 4 nitrogen and oxygen atoms in total. The number of hydrogen-bond donors (Lipinski definition) is 2. The van der Waals surface area contributed by atoms with Crippen LogP contribution in [-0.2, 0) is 13.0 Å². The summed E-state index contributed by atoms with van der Waals surface area (Å²) in [7, 11) is 0. The van der Waals surface area contributed by atoms with Crippen molar-refractivity contribution in [3.05, 3.63) is 66.4 Å². The molecule has 0 unspecified atom stereocenters. The molecule has 1 aromatic heterocycles. The first kappa shape index (κ1) is 16.1. The zero-order valence-electron chi connectivity index (χ0n) is 14.0. The minimum absolute atomic E-state index is 0.151. The first-order chi connectivity index (χ1) is 11.8. The SMILES string of the molecule is CCn1cc(NC(=O)NCCCc2ccccc2)c2ccccc21. The lowest BCUT2D eigenvalue weighted by molar-refractivity contribution is 0.252. The maximum atomic E-state index is 12.1. The largest absolute Gasteiger partial charge is 0.346 e. The molecule has 0 aliphatic carbocycles. The van der Waals surface area contributed by atoms with Crippen molar-refractivity contribution >= 4 is 22.6 Å². The number of carbonyl (C=O) groups excluding carboxylic acids is 1. The highest BCUT2D eigenvalue weighted by atomic mass is 16.2. The fourth-order valence-corrected chi connectivity index (χ4v) is 2.91. The maximum absolute atomic E-state index is 12.1. The van der Waals surface area contributed by atoms with Crippen LogP contribution in [0.15, 0.2) is 60.8 Å². The summed E-state index contributed by atoms with van der Waals surface area (Å²) < 4.78 is 2.14. The molecule has 3 aromatic rings. The van der Waals surface area contributed by atoms with E-state index < -0.39 is 0 Å². The third kappa shape index (κ3) is 3.77. The topological polar surface area (TPSA) is 46.1 Å². The molecular weight excluding hydrogens is 298 g/mol. The lowest BCUT2D eigenvalue weighted by Gasteiger charge is -2.07. The minimum Gasteiger partial charge on any atom is -0.346 e. The normalized spacial score (nSPS) is 10.7. The van der Waals surface area contributed by atoms with Crippen LogP contribution in [0.4, 0.5) is 10.5 Å². The summed E-state index contributed by atoms with van der Waals surface area (Å²) >= 11 is 0. The van der Waals surface area contributed by atoms with E-state index in [1.54, 1.807) is 0 Å². The molecule has 1 heterocycles. The molecule has 0 fully saturated rings. The number of amides is 2. The van der Waals surface area contributed by atoms with Crippen LogP contribution < -0.4 is 10.6 Å². The van der Waals surface area contributed by atoms with E-state index in [-0.39, 0.29) is 6.03 Å². The molecule has 0 aliphatic heterocycles. The van der Waals surface area contributed by atoms with E-state index in [4.69, 9.17) is 0 Å². The predicted molar refractivity (Wildman–Crippen MR) is 99.4 cm³/mol. The third-order valence-electron chi connectivity index (χ3n) is 4.15. The van der Waals surface area contributed by atoms with Crippen LogP contribution in [0.25, 0.3) is 10.9 Å². The number of hydrogen-bond acceptors (Lipinski definition) is 1. The van der Waals surface area contributed by atoms with Gasteiger partial charge in [0.25, 0.3) is 0 Å². The van der Waals surface area contributed by atoms with E-state index in [1.807, 2.05) is 42.6 Å². The summed E-state index contributed by atoms with van der Waals surface area (Å²) in [5.41, 5.74) is 3.29. The van der Waals surface area contributed by atoms with Crippen LogP contribution in [0.2, 0.25) is 0 Å². The van der Waals surface area contributed by atoms with Crippen LogP contribution >= 0.6 is 0 Å². The summed E-state index contributed by atoms with van der Waals surface area (Å²) in [4.78, 5) is 12.1. The smallest absolute Gasteiger partial charge is 0.319 e. The molecular formula is C20H23N3O. The Hall–Kier alpha value is -2.75. The number of nitrogens with zero attached hydrogens (tertiary/aromatic N) is 1. The van der Waals surface area contributed by atoms with Crippen molar-refractivity contribution in [2.45, 2.75) is 26.3 Å². The highest BCUT2D eigenvalue weighted by molar-refractivity contribution is 6.01. The van der Waals surface area contributed by atoms with E-state index in [1.165, 1.54) is 5.56 Å². The number of aryl methyl sites for hydroxylation is 2. The Bertz CT molecular complexity index is 808. The van der Waals surface area contributed by atoms with Gasteiger partial charge in [-0.3, -0.25) is 0 Å². The molecule has 2 amide bonds. The van der Waals surface area contributed by atoms with E-state index >= 15 is 0 Å². The Morgan fingerprint density at radius 3 is 2.58 bits per heavy atom. The number of para-hydroxylation sites is 1. The number of urea groups is 1. The van der Waals surface area contributed by atoms with Gasteiger partial charge in [-0.05, 0) is 31.4 Å². The van der Waals surface area contributed by atoms with Crippen molar-refractivity contribution < 1.29 is 4.79 Å². The lowest BCUT2D eigenvalue weighted by atomic mass is 10.1. The Morgan fingerprint density at radius 2 is 1.79 bits per heavy atom. The summed E-state index contributed by atoms with van der Waals surface area (Å²) in [5.74, 6) is 0. The van der Waals surface area contributed by atoms with Gasteiger partial charge in [-0.15, -0.1) is 0 Å². The Labute approximate surface area is 142 Å². The molecule has 0 bridgehead atoms. The number of nitrogens with one attached hydrogen (secondary N) is 2. The zero-order chi connectivity index (χ0) is 16.8. The number of rotatable bonds is 6. The Kier molecular flexibility index (Phi) is 5.16. The minimum atomic E-state index is -0.151. The van der Waals surface area contributed by atoms with Gasteiger partial charge >= 0.3 is 6.03 Å². The Morgan fingerprint density at radius 1 is 1.04 bits per heavy atom. The van der Waals surface area contributed by atoms with Gasteiger partial charge in [0.05, 0.1) is 11.2 Å². The van der Waals surface area contributed by atoms with Gasteiger partial charge in [-0.2, -0.15) is 0 Å². The van der Waals surface area contributed by atoms with Crippen LogP contribution in [0.1, 0.15) is 18.9 Å². The van der Waals surface area contributed by atoms with Crippen LogP contribution in [0.3, 0.4) is 0 Å². The molecule has 2 N–H and O–H groups in total. The molecule has 4 heteroatoms. The highest BCUT2D eigenvalue weighted by Gasteiger charge is 2.09. The summed E-state index contributed by atoms with van der Waals surface area (Å²) in [6.45, 7) is 3.63. The molecule has 124 valence electrons. The standard InChI is InChI=1S/C20H23N3O/c1-2-23-15-18(17-12-6-7-13-19(17)23)22-20(24)21-14-8-11-16-9-4-3-5-10-16/h3-7,9-10,12-13,15H,2,8,11,14H2,1H3,(H2,21,22,24). The van der Waals surface area contributed by atoms with Crippen LogP contribution in [0, 0.1) is 0 Å². The second-order valence-electron chi connectivity index (χ2n) is 5.82. The van der Waals surface area contributed by atoms with Gasteiger partial charge in [-0.25, -0.2) is 4.79 Å². The number of fused-ring (bicyclic) bond motifs is 1. The summed E-state index contributed by atoms with van der Waals surface area (Å²) in [6.07, 6.45) is 3.89. The fourth-order valence-electron chi connectivity index (χ4n) is 2.91. The quantitative estimate of drug-likeness (QED) is 0.649. The van der Waals surface area contributed by atoms with Crippen molar-refractivity contribution in [3.8, 4) is 0 Å². The predicted octanol–water partition coefficient (Wildman–Crippen LogP) is 4.42. The summed E-state index contributed by atoms with van der Waals surface area (Å²) in [6, 6.07) is 18.3. The van der Waals surface area contributed by atoms with E-state index in [9.17, 15) is 4.79 Å². The van der Waals surface area contributed by atoms with Crippen LogP contribution in [0.5, 0.6) is 0 Å². The monoisotopic (exact) mass is 321 g/mol. The van der Waals surface area contributed by atoms with Gasteiger partial charge in [0.15, 0.2) is 0 Å².